The molecular weight excluding hydrogens is 1250 g/mol. The van der Waals surface area contributed by atoms with E-state index in [9.17, 15) is 45.6 Å². The lowest BCUT2D eigenvalue weighted by Gasteiger charge is -2.46. The highest BCUT2D eigenvalue weighted by Crippen LogP contribution is 2.30. The molecule has 0 aromatic heterocycles. The Labute approximate surface area is 609 Å². The zero-order valence-electron chi connectivity index (χ0n) is 62.9. The highest BCUT2D eigenvalue weighted by Gasteiger charge is 2.51. The van der Waals surface area contributed by atoms with Crippen molar-refractivity contribution in [1.29, 1.82) is 0 Å². The number of allylic oxidation sites excluding steroid dienone is 21. The SMILES string of the molecule is CC/C=C\C/C=C\C/C=C\C/C=C\C/C=C\C/C=C\C/C=C\C/C=C\C/C=C\C/C=C\CCCCCCCCCCCCC(=O)NC(COC1OC(CO)C(OC2OC(CO)C(O)C(O)C2O)C(O)C1O)C(O)/C=C/CCCCCCCCCCCCCCCCCCCCCCCCC. The Morgan fingerprint density at radius 3 is 1.06 bits per heavy atom. The molecule has 2 heterocycles. The number of nitrogens with one attached hydrogen (secondary N) is 1. The molecular formula is C86H147NO13. The summed E-state index contributed by atoms with van der Waals surface area (Å²) in [4.78, 5) is 13.4. The second kappa shape index (κ2) is 68.3. The first-order chi connectivity index (χ1) is 49.1. The molecule has 14 nitrogen and oxygen atoms in total. The Morgan fingerprint density at radius 2 is 0.690 bits per heavy atom. The van der Waals surface area contributed by atoms with E-state index in [0.717, 1.165) is 109 Å². The van der Waals surface area contributed by atoms with E-state index in [1.165, 1.54) is 173 Å². The fourth-order valence-electron chi connectivity index (χ4n) is 12.5. The van der Waals surface area contributed by atoms with Crippen molar-refractivity contribution in [2.45, 2.75) is 383 Å². The van der Waals surface area contributed by atoms with Gasteiger partial charge in [-0.05, 0) is 96.3 Å². The summed E-state index contributed by atoms with van der Waals surface area (Å²) >= 11 is 0. The minimum Gasteiger partial charge on any atom is -0.394 e. The number of carbonyl (C=O) groups excluding carboxylic acids is 1. The second-order valence-electron chi connectivity index (χ2n) is 27.8. The Morgan fingerprint density at radius 1 is 0.370 bits per heavy atom. The van der Waals surface area contributed by atoms with Gasteiger partial charge >= 0.3 is 0 Å². The highest BCUT2D eigenvalue weighted by molar-refractivity contribution is 5.76. The molecule has 0 aromatic carbocycles. The van der Waals surface area contributed by atoms with Crippen molar-refractivity contribution < 1.29 is 64.6 Å². The maximum absolute atomic E-state index is 13.4. The summed E-state index contributed by atoms with van der Waals surface area (Å²) < 4.78 is 22.9. The summed E-state index contributed by atoms with van der Waals surface area (Å²) in [6.07, 6.45) is 85.1. The number of amides is 1. The number of aliphatic hydroxyl groups is 8. The predicted molar refractivity (Wildman–Crippen MR) is 415 cm³/mol. The first-order valence-corrected chi connectivity index (χ1v) is 40.4. The van der Waals surface area contributed by atoms with Crippen LogP contribution in [0.25, 0.3) is 0 Å². The van der Waals surface area contributed by atoms with Crippen LogP contribution in [0.2, 0.25) is 0 Å². The Kier molecular flexibility index (Phi) is 62.9. The summed E-state index contributed by atoms with van der Waals surface area (Å²) in [6, 6.07) is -0.927. The van der Waals surface area contributed by atoms with E-state index in [1.807, 2.05) is 6.08 Å². The second-order valence-corrected chi connectivity index (χ2v) is 27.8. The van der Waals surface area contributed by atoms with E-state index in [2.05, 4.69) is 141 Å². The smallest absolute Gasteiger partial charge is 0.220 e. The van der Waals surface area contributed by atoms with Gasteiger partial charge in [-0.1, -0.05) is 340 Å². The highest BCUT2D eigenvalue weighted by atomic mass is 16.7. The monoisotopic (exact) mass is 1400 g/mol. The molecule has 2 fully saturated rings. The molecule has 0 spiro atoms. The average molecular weight is 1400 g/mol. The van der Waals surface area contributed by atoms with Gasteiger partial charge in [0.25, 0.3) is 0 Å². The number of carbonyl (C=O) groups is 1. The molecule has 12 unspecified atom stereocenters. The maximum atomic E-state index is 13.4. The van der Waals surface area contributed by atoms with E-state index in [4.69, 9.17) is 18.9 Å². The van der Waals surface area contributed by atoms with Crippen molar-refractivity contribution >= 4 is 5.91 Å². The van der Waals surface area contributed by atoms with Crippen LogP contribution in [0.4, 0.5) is 0 Å². The van der Waals surface area contributed by atoms with Crippen LogP contribution in [-0.2, 0) is 23.7 Å². The lowest BCUT2D eigenvalue weighted by atomic mass is 9.97. The van der Waals surface area contributed by atoms with Crippen LogP contribution >= 0.6 is 0 Å². The molecule has 1 amide bonds. The van der Waals surface area contributed by atoms with Crippen molar-refractivity contribution in [2.24, 2.45) is 0 Å². The predicted octanol–water partition coefficient (Wildman–Crippen LogP) is 18.6. The molecule has 0 bridgehead atoms. The minimum atomic E-state index is -1.80. The number of unbranched alkanes of at least 4 members (excludes halogenated alkanes) is 33. The molecule has 2 aliphatic heterocycles. The fraction of sp³-hybridized carbons (Fsp3) is 0.733. The minimum absolute atomic E-state index is 0.246. The maximum Gasteiger partial charge on any atom is 0.220 e. The third kappa shape index (κ3) is 50.5. The third-order valence-electron chi connectivity index (χ3n) is 18.8. The summed E-state index contributed by atoms with van der Waals surface area (Å²) in [5, 5.41) is 87.7. The lowest BCUT2D eigenvalue weighted by Crippen LogP contribution is -2.65. The van der Waals surface area contributed by atoms with Gasteiger partial charge in [-0.25, -0.2) is 0 Å². The van der Waals surface area contributed by atoms with Crippen molar-refractivity contribution in [2.75, 3.05) is 19.8 Å². The molecule has 2 saturated heterocycles. The van der Waals surface area contributed by atoms with Crippen LogP contribution < -0.4 is 5.32 Å². The number of ether oxygens (including phenoxy) is 4. The average Bonchev–Trinajstić information content (AvgIpc) is 0.791. The van der Waals surface area contributed by atoms with E-state index >= 15 is 0 Å². The van der Waals surface area contributed by atoms with Crippen LogP contribution in [-0.4, -0.2) is 140 Å². The number of aliphatic hydroxyl groups excluding tert-OH is 8. The molecule has 574 valence electrons. The first-order valence-electron chi connectivity index (χ1n) is 40.4. The van der Waals surface area contributed by atoms with Crippen molar-refractivity contribution in [3.8, 4) is 0 Å². The first kappa shape index (κ1) is 92.2. The topological polar surface area (TPSA) is 228 Å². The molecule has 9 N–H and O–H groups in total. The lowest BCUT2D eigenvalue weighted by molar-refractivity contribution is -0.359. The largest absolute Gasteiger partial charge is 0.394 e. The van der Waals surface area contributed by atoms with Gasteiger partial charge in [0.05, 0.1) is 32.0 Å². The van der Waals surface area contributed by atoms with E-state index in [-0.39, 0.29) is 18.9 Å². The molecule has 0 aliphatic carbocycles. The van der Waals surface area contributed by atoms with E-state index < -0.39 is 86.8 Å². The van der Waals surface area contributed by atoms with Crippen molar-refractivity contribution in [1.82, 2.24) is 5.32 Å². The number of hydrogen-bond donors (Lipinski definition) is 9. The molecule has 100 heavy (non-hydrogen) atoms. The summed E-state index contributed by atoms with van der Waals surface area (Å²) in [5.74, 6) is -0.246. The van der Waals surface area contributed by atoms with Crippen molar-refractivity contribution in [3.63, 3.8) is 0 Å². The Balaban J connectivity index is 1.62. The Bertz CT molecular complexity index is 2200. The van der Waals surface area contributed by atoms with E-state index in [1.54, 1.807) is 6.08 Å². The molecule has 0 radical (unpaired) electrons. The van der Waals surface area contributed by atoms with Crippen LogP contribution in [0.1, 0.15) is 309 Å². The summed E-state index contributed by atoms with van der Waals surface area (Å²) in [7, 11) is 0. The van der Waals surface area contributed by atoms with Gasteiger partial charge in [-0.15, -0.1) is 0 Å². The van der Waals surface area contributed by atoms with Gasteiger partial charge < -0.3 is 65.1 Å². The van der Waals surface area contributed by atoms with Gasteiger partial charge in [-0.2, -0.15) is 0 Å². The molecule has 14 heteroatoms. The van der Waals surface area contributed by atoms with Gasteiger partial charge in [0.2, 0.25) is 5.91 Å². The quantitative estimate of drug-likeness (QED) is 0.0204. The third-order valence-corrected chi connectivity index (χ3v) is 18.8. The molecule has 2 aliphatic rings. The Hall–Kier alpha value is -3.87. The van der Waals surface area contributed by atoms with Crippen LogP contribution in [0.5, 0.6) is 0 Å². The zero-order valence-corrected chi connectivity index (χ0v) is 62.9. The number of rotatable bonds is 66. The molecule has 0 aromatic rings. The summed E-state index contributed by atoms with van der Waals surface area (Å²) in [6.45, 7) is 2.71. The number of hydrogen-bond acceptors (Lipinski definition) is 13. The molecule has 12 atom stereocenters. The summed E-state index contributed by atoms with van der Waals surface area (Å²) in [5.41, 5.74) is 0. The van der Waals surface area contributed by atoms with Gasteiger partial charge in [-0.3, -0.25) is 4.79 Å². The zero-order chi connectivity index (χ0) is 72.2. The molecule has 0 saturated carbocycles. The van der Waals surface area contributed by atoms with E-state index in [0.29, 0.717) is 6.42 Å². The van der Waals surface area contributed by atoms with Gasteiger partial charge in [0.15, 0.2) is 12.6 Å². The van der Waals surface area contributed by atoms with Crippen molar-refractivity contribution in [3.05, 3.63) is 134 Å². The van der Waals surface area contributed by atoms with Crippen LogP contribution in [0.3, 0.4) is 0 Å². The van der Waals surface area contributed by atoms with Gasteiger partial charge in [0, 0.05) is 6.42 Å². The van der Waals surface area contributed by atoms with Crippen LogP contribution in [0, 0.1) is 0 Å². The standard InChI is InChI=1S/C86H147NO13/c1-3-5-7-9-11-13-15-17-19-21-23-25-27-29-30-31-32-33-34-35-36-37-38-39-40-41-42-43-44-46-48-50-52-54-56-58-60-62-64-66-68-70-78(91)87-74(73-97-85-83(96)81(94)84(77(72-89)99-85)100-86-82(95)80(93)79(92)76(71-88)98-86)75(90)69-67-65-63-61-59-57-55-53-51-49-47-45-28-26-24-22-20-18-16-14-12-10-8-6-4-2/h5,7,11,13,17,19,23,25,29-30,32-33,35-36,38-39,41-42,44,46,67,69,74-77,79-86,88-90,92-96H,3-4,6,8-10,12,14-16,18,20-22,24,26-28,31,34,37,40,43,45,47-66,68,70-73H2,1-2H3,(H,87,91)/b7-5-,13-11-,19-17-,25-23-,30-29-,33-32-,36-35-,39-38-,42-41-,46-44-,69-67+. The normalized spacial score (nSPS) is 22.6. The van der Waals surface area contributed by atoms with Crippen LogP contribution in [0.15, 0.2) is 134 Å². The molecule has 2 rings (SSSR count). The fourth-order valence-corrected chi connectivity index (χ4v) is 12.5. The van der Waals surface area contributed by atoms with Gasteiger partial charge in [0.1, 0.15) is 48.8 Å².